The van der Waals surface area contributed by atoms with Crippen molar-refractivity contribution < 1.29 is 4.79 Å². The van der Waals surface area contributed by atoms with Crippen LogP contribution < -0.4 is 0 Å². The van der Waals surface area contributed by atoms with E-state index in [0.29, 0.717) is 6.42 Å². The first kappa shape index (κ1) is 13.1. The molecule has 0 N–H and O–H groups in total. The SMILES string of the molecule is C=C=NC(=O)CCCCCCCCC. The molecule has 0 saturated carbocycles. The first-order valence-electron chi connectivity index (χ1n) is 5.57. The Morgan fingerprint density at radius 2 is 1.71 bits per heavy atom. The molecule has 0 aliphatic rings. The van der Waals surface area contributed by atoms with Crippen molar-refractivity contribution >= 4 is 11.8 Å². The van der Waals surface area contributed by atoms with Crippen molar-refractivity contribution in [2.24, 2.45) is 4.99 Å². The second-order valence-electron chi connectivity index (χ2n) is 3.53. The standard InChI is InChI=1S/C12H21NO/c1-3-5-6-7-8-9-10-11-12(14)13-4-2/h2-3,5-11H2,1H3. The molecule has 80 valence electrons. The molecule has 0 fully saturated rings. The zero-order valence-electron chi connectivity index (χ0n) is 9.22. The number of hydrogen-bond donors (Lipinski definition) is 0. The molecule has 0 heterocycles. The van der Waals surface area contributed by atoms with Gasteiger partial charge in [0.1, 0.15) is 0 Å². The second kappa shape index (κ2) is 10.2. The van der Waals surface area contributed by atoms with E-state index in [9.17, 15) is 4.79 Å². The van der Waals surface area contributed by atoms with Crippen LogP contribution in [-0.2, 0) is 4.79 Å². The summed E-state index contributed by atoms with van der Waals surface area (Å²) in [6, 6.07) is 0. The summed E-state index contributed by atoms with van der Waals surface area (Å²) in [5, 5.41) is 0. The topological polar surface area (TPSA) is 29.4 Å². The lowest BCUT2D eigenvalue weighted by atomic mass is 10.1. The van der Waals surface area contributed by atoms with Crippen LogP contribution in [-0.4, -0.2) is 11.8 Å². The number of rotatable bonds is 8. The lowest BCUT2D eigenvalue weighted by molar-refractivity contribution is -0.117. The van der Waals surface area contributed by atoms with Crippen LogP contribution in [0.5, 0.6) is 0 Å². The molecule has 2 nitrogen and oxygen atoms in total. The minimum Gasteiger partial charge on any atom is -0.272 e. The number of amides is 1. The van der Waals surface area contributed by atoms with E-state index in [1.54, 1.807) is 0 Å². The van der Waals surface area contributed by atoms with Crippen molar-refractivity contribution in [2.45, 2.75) is 58.3 Å². The average molecular weight is 195 g/mol. The summed E-state index contributed by atoms with van der Waals surface area (Å²) in [6.07, 6.45) is 9.13. The molecule has 0 unspecified atom stereocenters. The molecule has 0 radical (unpaired) electrons. The van der Waals surface area contributed by atoms with Gasteiger partial charge in [-0.3, -0.25) is 4.79 Å². The van der Waals surface area contributed by atoms with Crippen molar-refractivity contribution in [3.05, 3.63) is 6.58 Å². The van der Waals surface area contributed by atoms with E-state index in [0.717, 1.165) is 12.8 Å². The average Bonchev–Trinajstić information content (AvgIpc) is 2.17. The lowest BCUT2D eigenvalue weighted by Gasteiger charge is -1.98. The first-order valence-corrected chi connectivity index (χ1v) is 5.57. The van der Waals surface area contributed by atoms with Gasteiger partial charge in [0, 0.05) is 6.42 Å². The monoisotopic (exact) mass is 195 g/mol. The van der Waals surface area contributed by atoms with E-state index < -0.39 is 0 Å². The Bertz CT molecular complexity index is 192. The van der Waals surface area contributed by atoms with Crippen molar-refractivity contribution in [1.82, 2.24) is 0 Å². The fourth-order valence-corrected chi connectivity index (χ4v) is 1.38. The van der Waals surface area contributed by atoms with Crippen molar-refractivity contribution in [2.75, 3.05) is 0 Å². The number of carbonyl (C=O) groups is 1. The molecule has 0 rings (SSSR count). The van der Waals surface area contributed by atoms with Crippen LogP contribution in [0.4, 0.5) is 0 Å². The second-order valence-corrected chi connectivity index (χ2v) is 3.53. The van der Waals surface area contributed by atoms with E-state index in [-0.39, 0.29) is 5.91 Å². The van der Waals surface area contributed by atoms with Gasteiger partial charge >= 0.3 is 0 Å². The molecule has 14 heavy (non-hydrogen) atoms. The molecule has 0 aromatic heterocycles. The Kier molecular flexibility index (Phi) is 9.56. The van der Waals surface area contributed by atoms with E-state index in [4.69, 9.17) is 0 Å². The van der Waals surface area contributed by atoms with Gasteiger partial charge in [-0.2, -0.15) is 4.99 Å². The van der Waals surface area contributed by atoms with E-state index in [1.165, 1.54) is 32.1 Å². The van der Waals surface area contributed by atoms with Gasteiger partial charge in [-0.1, -0.05) is 45.4 Å². The molecular weight excluding hydrogens is 174 g/mol. The Balaban J connectivity index is 3.13. The first-order chi connectivity index (χ1) is 6.81. The highest BCUT2D eigenvalue weighted by molar-refractivity contribution is 5.82. The zero-order chi connectivity index (χ0) is 10.6. The van der Waals surface area contributed by atoms with Gasteiger partial charge in [-0.25, -0.2) is 0 Å². The van der Waals surface area contributed by atoms with Crippen LogP contribution >= 0.6 is 0 Å². The van der Waals surface area contributed by atoms with Crippen LogP contribution in [0.15, 0.2) is 11.6 Å². The molecule has 0 spiro atoms. The number of unbranched alkanes of at least 4 members (excludes halogenated alkanes) is 6. The summed E-state index contributed by atoms with van der Waals surface area (Å²) in [5.41, 5.74) is 0. The van der Waals surface area contributed by atoms with Crippen LogP contribution in [0.3, 0.4) is 0 Å². The predicted molar refractivity (Wildman–Crippen MR) is 60.7 cm³/mol. The van der Waals surface area contributed by atoms with Gasteiger partial charge in [-0.05, 0) is 18.9 Å². The molecule has 0 bridgehead atoms. The molecule has 0 aromatic carbocycles. The minimum atomic E-state index is -0.0893. The molecule has 0 atom stereocenters. The van der Waals surface area contributed by atoms with Crippen LogP contribution in [0.2, 0.25) is 0 Å². The summed E-state index contributed by atoms with van der Waals surface area (Å²) >= 11 is 0. The molecule has 1 amide bonds. The van der Waals surface area contributed by atoms with Crippen LogP contribution in [0, 0.1) is 0 Å². The summed E-state index contributed by atoms with van der Waals surface area (Å²) in [6.45, 7) is 5.48. The van der Waals surface area contributed by atoms with E-state index in [1.807, 2.05) is 0 Å². The smallest absolute Gasteiger partial charge is 0.253 e. The van der Waals surface area contributed by atoms with Crippen molar-refractivity contribution in [3.63, 3.8) is 0 Å². The number of carbonyl (C=O) groups excluding carboxylic acids is 1. The molecule has 0 aromatic rings. The van der Waals surface area contributed by atoms with E-state index in [2.05, 4.69) is 24.4 Å². The highest BCUT2D eigenvalue weighted by Crippen LogP contribution is 2.08. The maximum atomic E-state index is 10.9. The third-order valence-corrected chi connectivity index (χ3v) is 2.20. The Labute approximate surface area is 87.1 Å². The fraction of sp³-hybridized carbons (Fsp3) is 0.750. The maximum absolute atomic E-state index is 10.9. The highest BCUT2D eigenvalue weighted by atomic mass is 16.1. The number of aliphatic imine (C=N–C) groups is 1. The van der Waals surface area contributed by atoms with Gasteiger partial charge in [0.25, 0.3) is 5.91 Å². The van der Waals surface area contributed by atoms with Gasteiger partial charge in [0.15, 0.2) is 0 Å². The molecular formula is C12H21NO. The minimum absolute atomic E-state index is 0.0893. The van der Waals surface area contributed by atoms with E-state index >= 15 is 0 Å². The van der Waals surface area contributed by atoms with Gasteiger partial charge in [-0.15, -0.1) is 0 Å². The van der Waals surface area contributed by atoms with Crippen molar-refractivity contribution in [1.29, 1.82) is 0 Å². The fourth-order valence-electron chi connectivity index (χ4n) is 1.38. The van der Waals surface area contributed by atoms with Gasteiger partial charge < -0.3 is 0 Å². The molecule has 0 aliphatic carbocycles. The third kappa shape index (κ3) is 9.21. The third-order valence-electron chi connectivity index (χ3n) is 2.20. The Morgan fingerprint density at radius 3 is 2.29 bits per heavy atom. The summed E-state index contributed by atoms with van der Waals surface area (Å²) in [5.74, 6) is 2.17. The van der Waals surface area contributed by atoms with Crippen LogP contribution in [0.25, 0.3) is 0 Å². The summed E-state index contributed by atoms with van der Waals surface area (Å²) in [4.78, 5) is 14.4. The quantitative estimate of drug-likeness (QED) is 0.430. The largest absolute Gasteiger partial charge is 0.272 e. The Hall–Kier alpha value is -0.880. The predicted octanol–water partition coefficient (Wildman–Crippen LogP) is 3.51. The van der Waals surface area contributed by atoms with Gasteiger partial charge in [0.2, 0.25) is 0 Å². The maximum Gasteiger partial charge on any atom is 0.253 e. The lowest BCUT2D eigenvalue weighted by Crippen LogP contribution is -1.91. The van der Waals surface area contributed by atoms with Crippen LogP contribution in [0.1, 0.15) is 58.3 Å². The molecule has 2 heteroatoms. The van der Waals surface area contributed by atoms with Gasteiger partial charge in [0.05, 0.1) is 0 Å². The normalized spacial score (nSPS) is 9.50. The van der Waals surface area contributed by atoms with Crippen molar-refractivity contribution in [3.8, 4) is 0 Å². The summed E-state index contributed by atoms with van der Waals surface area (Å²) in [7, 11) is 0. The molecule has 0 aliphatic heterocycles. The number of hydrogen-bond acceptors (Lipinski definition) is 1. The Morgan fingerprint density at radius 1 is 1.14 bits per heavy atom. The molecule has 0 saturated heterocycles. The summed E-state index contributed by atoms with van der Waals surface area (Å²) < 4.78 is 0. The zero-order valence-corrected chi connectivity index (χ0v) is 9.22. The highest BCUT2D eigenvalue weighted by Gasteiger charge is 1.97. The number of nitrogens with zero attached hydrogens (tertiary/aromatic N) is 1.